The molecule has 0 bridgehead atoms. The van der Waals surface area contributed by atoms with Gasteiger partial charge in [0.25, 0.3) is 0 Å². The molecule has 2 heteroatoms. The molecule has 0 aromatic carbocycles. The monoisotopic (exact) mass is 92.0 g/mol. The Kier molecular flexibility index (Phi) is 4.04. The van der Waals surface area contributed by atoms with Crippen LogP contribution in [0.5, 0.6) is 0 Å². The average molecular weight is 92.1 g/mol. The first kappa shape index (κ1) is 5.02. The molecule has 0 nitrogen and oxygen atoms in total. The van der Waals surface area contributed by atoms with E-state index < -0.39 is 6.67 Å². The third-order valence-electron chi connectivity index (χ3n) is 0.194. The lowest BCUT2D eigenvalue weighted by Crippen LogP contribution is -1.51. The molecule has 0 saturated heterocycles. The molecular weight excluding hydrogens is 87.1 g/mol. The third-order valence-corrected chi connectivity index (χ3v) is 0.405. The van der Waals surface area contributed by atoms with Crippen molar-refractivity contribution in [3.8, 4) is 0 Å². The van der Waals surface area contributed by atoms with Gasteiger partial charge in [-0.1, -0.05) is 0 Å². The van der Waals surface area contributed by atoms with E-state index in [0.717, 1.165) is 0 Å². The van der Waals surface area contributed by atoms with Crippen molar-refractivity contribution in [2.24, 2.45) is 0 Å². The van der Waals surface area contributed by atoms with Crippen molar-refractivity contribution in [3.63, 3.8) is 0 Å². The molecule has 0 fully saturated rings. The van der Waals surface area contributed by atoms with Crippen LogP contribution < -0.4 is 0 Å². The quantitative estimate of drug-likeness (QED) is 0.464. The summed E-state index contributed by atoms with van der Waals surface area (Å²) in [6, 6.07) is 0. The van der Waals surface area contributed by atoms with Gasteiger partial charge in [0.05, 0.1) is 0 Å². The molecule has 0 saturated carbocycles. The number of rotatable bonds is 1. The van der Waals surface area contributed by atoms with Crippen LogP contribution >= 0.6 is 12.6 Å². The fourth-order valence-corrected chi connectivity index (χ4v) is 0.120. The van der Waals surface area contributed by atoms with Gasteiger partial charge < -0.3 is 0 Å². The lowest BCUT2D eigenvalue weighted by molar-refractivity contribution is 0.562. The first-order chi connectivity index (χ1) is 2.41. The van der Waals surface area contributed by atoms with E-state index in [9.17, 15) is 4.39 Å². The molecule has 0 heterocycles. The molecule has 0 rings (SSSR count). The Morgan fingerprint density at radius 3 is 2.40 bits per heavy atom. The van der Waals surface area contributed by atoms with Gasteiger partial charge in [-0.2, -0.15) is 12.6 Å². The second-order valence-electron chi connectivity index (χ2n) is 0.539. The number of allylic oxidation sites excluding steroid dienone is 1. The minimum atomic E-state index is -0.413. The van der Waals surface area contributed by atoms with Gasteiger partial charge in [0.1, 0.15) is 6.67 Å². The minimum Gasteiger partial charge on any atom is -0.247 e. The van der Waals surface area contributed by atoms with Crippen molar-refractivity contribution in [1.82, 2.24) is 0 Å². The van der Waals surface area contributed by atoms with Gasteiger partial charge in [-0.25, -0.2) is 4.39 Å². The standard InChI is InChI=1S/C3H5FS/c4-2-1-3-5/h1,3,5H,2H2. The van der Waals surface area contributed by atoms with Crippen molar-refractivity contribution in [1.29, 1.82) is 0 Å². The van der Waals surface area contributed by atoms with Gasteiger partial charge in [-0.15, -0.1) is 0 Å². The zero-order chi connectivity index (χ0) is 4.12. The van der Waals surface area contributed by atoms with E-state index >= 15 is 0 Å². The summed E-state index contributed by atoms with van der Waals surface area (Å²) in [5.41, 5.74) is 0. The Labute approximate surface area is 36.1 Å². The van der Waals surface area contributed by atoms with Crippen molar-refractivity contribution in [3.05, 3.63) is 11.5 Å². The molecule has 0 unspecified atom stereocenters. The number of hydrogen-bond acceptors (Lipinski definition) is 1. The van der Waals surface area contributed by atoms with Crippen LogP contribution in [-0.4, -0.2) is 6.67 Å². The van der Waals surface area contributed by atoms with Crippen LogP contribution in [-0.2, 0) is 0 Å². The summed E-state index contributed by atoms with van der Waals surface area (Å²) in [6.45, 7) is -0.413. The van der Waals surface area contributed by atoms with Crippen molar-refractivity contribution in [2.45, 2.75) is 0 Å². The molecule has 0 aliphatic heterocycles. The Morgan fingerprint density at radius 1 is 1.80 bits per heavy atom. The van der Waals surface area contributed by atoms with Gasteiger partial charge in [-0.3, -0.25) is 0 Å². The fraction of sp³-hybridized carbons (Fsp3) is 0.333. The number of alkyl halides is 1. The highest BCUT2D eigenvalue weighted by molar-refractivity contribution is 7.83. The highest BCUT2D eigenvalue weighted by Gasteiger charge is 1.56. The van der Waals surface area contributed by atoms with E-state index in [4.69, 9.17) is 0 Å². The molecule has 30 valence electrons. The zero-order valence-electron chi connectivity index (χ0n) is 2.69. The Hall–Kier alpha value is 0.0200. The lowest BCUT2D eigenvalue weighted by Gasteiger charge is -1.61. The second kappa shape index (κ2) is 4.02. The van der Waals surface area contributed by atoms with Crippen LogP contribution in [0.15, 0.2) is 11.5 Å². The molecule has 0 aliphatic rings. The number of thiol groups is 1. The highest BCUT2D eigenvalue weighted by Crippen LogP contribution is 1.74. The molecule has 5 heavy (non-hydrogen) atoms. The molecule has 0 radical (unpaired) electrons. The summed E-state index contributed by atoms with van der Waals surface area (Å²) in [6.07, 6.45) is 1.32. The molecule has 0 aromatic rings. The average Bonchev–Trinajstić information content (AvgIpc) is 1.41. The molecule has 0 spiro atoms. The molecular formula is C3H5FS. The maximum Gasteiger partial charge on any atom is 0.108 e. The summed E-state index contributed by atoms with van der Waals surface area (Å²) < 4.78 is 10.9. The summed E-state index contributed by atoms with van der Waals surface area (Å²) in [4.78, 5) is 0. The third kappa shape index (κ3) is 4.02. The van der Waals surface area contributed by atoms with Gasteiger partial charge in [0, 0.05) is 0 Å². The topological polar surface area (TPSA) is 0 Å². The van der Waals surface area contributed by atoms with E-state index in [0.29, 0.717) is 0 Å². The van der Waals surface area contributed by atoms with E-state index in [1.54, 1.807) is 0 Å². The first-order valence-electron chi connectivity index (χ1n) is 1.27. The second-order valence-corrected chi connectivity index (χ2v) is 0.837. The van der Waals surface area contributed by atoms with Crippen molar-refractivity contribution in [2.75, 3.05) is 6.67 Å². The fourth-order valence-electron chi connectivity index (χ4n) is 0.0398. The van der Waals surface area contributed by atoms with Crippen LogP contribution in [0.2, 0.25) is 0 Å². The summed E-state index contributed by atoms with van der Waals surface area (Å²) in [7, 11) is 0. The summed E-state index contributed by atoms with van der Waals surface area (Å²) >= 11 is 3.58. The highest BCUT2D eigenvalue weighted by atomic mass is 32.1. The molecule has 0 amide bonds. The van der Waals surface area contributed by atoms with Crippen LogP contribution in [0.25, 0.3) is 0 Å². The largest absolute Gasteiger partial charge is 0.247 e. The Morgan fingerprint density at radius 2 is 2.40 bits per heavy atom. The van der Waals surface area contributed by atoms with E-state index in [2.05, 4.69) is 12.6 Å². The summed E-state index contributed by atoms with van der Waals surface area (Å²) in [5.74, 6) is 0. The van der Waals surface area contributed by atoms with Gasteiger partial charge >= 0.3 is 0 Å². The maximum absolute atomic E-state index is 10.9. The zero-order valence-corrected chi connectivity index (χ0v) is 3.58. The molecule has 0 aromatic heterocycles. The van der Waals surface area contributed by atoms with E-state index in [-0.39, 0.29) is 0 Å². The van der Waals surface area contributed by atoms with E-state index in [1.807, 2.05) is 0 Å². The van der Waals surface area contributed by atoms with Crippen molar-refractivity contribution < 1.29 is 4.39 Å². The van der Waals surface area contributed by atoms with Crippen LogP contribution in [0.3, 0.4) is 0 Å². The minimum absolute atomic E-state index is 0.413. The number of halogens is 1. The predicted octanol–water partition coefficient (Wildman–Crippen LogP) is 1.40. The smallest absolute Gasteiger partial charge is 0.108 e. The van der Waals surface area contributed by atoms with Crippen LogP contribution in [0.1, 0.15) is 0 Å². The molecule has 0 N–H and O–H groups in total. The van der Waals surface area contributed by atoms with Gasteiger partial charge in [0.15, 0.2) is 0 Å². The summed E-state index contributed by atoms with van der Waals surface area (Å²) in [5, 5.41) is 1.38. The van der Waals surface area contributed by atoms with Gasteiger partial charge in [-0.05, 0) is 11.5 Å². The van der Waals surface area contributed by atoms with Gasteiger partial charge in [0.2, 0.25) is 0 Å². The first-order valence-corrected chi connectivity index (χ1v) is 1.78. The van der Waals surface area contributed by atoms with Crippen LogP contribution in [0, 0.1) is 0 Å². The SMILES string of the molecule is FCC=CS. The van der Waals surface area contributed by atoms with Crippen molar-refractivity contribution >= 4 is 12.6 Å². The normalized spacial score (nSPS) is 10.0. The predicted molar refractivity (Wildman–Crippen MR) is 24.1 cm³/mol. The number of hydrogen-bond donors (Lipinski definition) is 1. The Bertz CT molecular complexity index is 33.9. The Balaban J connectivity index is 2.62. The molecule has 0 aliphatic carbocycles. The van der Waals surface area contributed by atoms with Crippen LogP contribution in [0.4, 0.5) is 4.39 Å². The molecule has 0 atom stereocenters. The lowest BCUT2D eigenvalue weighted by atomic mass is 10.7. The van der Waals surface area contributed by atoms with E-state index in [1.165, 1.54) is 11.5 Å². The maximum atomic E-state index is 10.9.